The van der Waals surface area contributed by atoms with Crippen molar-refractivity contribution < 1.29 is 4.79 Å². The van der Waals surface area contributed by atoms with Crippen molar-refractivity contribution in [1.29, 1.82) is 0 Å². The predicted molar refractivity (Wildman–Crippen MR) is 76.5 cm³/mol. The molecule has 0 aliphatic heterocycles. The van der Waals surface area contributed by atoms with Crippen molar-refractivity contribution in [3.8, 4) is 0 Å². The molecule has 0 radical (unpaired) electrons. The van der Waals surface area contributed by atoms with E-state index in [2.05, 4.69) is 25.5 Å². The van der Waals surface area contributed by atoms with E-state index in [1.54, 1.807) is 0 Å². The number of hydrogen-bond acceptors (Lipinski definition) is 5. The molecule has 0 aliphatic carbocycles. The number of nitrogens with one attached hydrogen (secondary N) is 2. The number of nitrogens with zero attached hydrogens (tertiary/aromatic N) is 3. The highest BCUT2D eigenvalue weighted by Gasteiger charge is 2.17. The molecule has 2 aromatic heterocycles. The normalized spacial score (nSPS) is 10.8. The van der Waals surface area contributed by atoms with Crippen molar-refractivity contribution in [1.82, 2.24) is 20.2 Å². The molecule has 0 saturated heterocycles. The fraction of sp³-hybridized carbons (Fsp3) is 0.385. The third-order valence-corrected chi connectivity index (χ3v) is 2.93. The van der Waals surface area contributed by atoms with Crippen LogP contribution < -0.4 is 11.1 Å². The largest absolute Gasteiger partial charge is 0.396 e. The lowest BCUT2D eigenvalue weighted by Gasteiger charge is -2.09. The van der Waals surface area contributed by atoms with Gasteiger partial charge in [-0.05, 0) is 13.8 Å². The van der Waals surface area contributed by atoms with Gasteiger partial charge in [-0.1, -0.05) is 13.8 Å². The zero-order chi connectivity index (χ0) is 14.9. The monoisotopic (exact) mass is 274 g/mol. The highest BCUT2D eigenvalue weighted by Crippen LogP contribution is 2.19. The first-order valence-electron chi connectivity index (χ1n) is 6.35. The number of rotatable bonds is 3. The fourth-order valence-corrected chi connectivity index (χ4v) is 1.77. The summed E-state index contributed by atoms with van der Waals surface area (Å²) in [7, 11) is 0. The van der Waals surface area contributed by atoms with Crippen LogP contribution in [0.4, 0.5) is 11.4 Å². The Balaban J connectivity index is 2.32. The average Bonchev–Trinajstić information content (AvgIpc) is 2.70. The zero-order valence-electron chi connectivity index (χ0n) is 12.0. The van der Waals surface area contributed by atoms with Gasteiger partial charge < -0.3 is 11.1 Å². The smallest absolute Gasteiger partial charge is 0.276 e. The topological polar surface area (TPSA) is 110 Å². The lowest BCUT2D eigenvalue weighted by atomic mass is 10.2. The van der Waals surface area contributed by atoms with Crippen LogP contribution in [0.15, 0.2) is 6.20 Å². The molecule has 1 amide bonds. The lowest BCUT2D eigenvalue weighted by Crippen LogP contribution is -2.18. The lowest BCUT2D eigenvalue weighted by molar-refractivity contribution is 0.102. The second-order valence-corrected chi connectivity index (χ2v) is 4.95. The number of anilines is 2. The van der Waals surface area contributed by atoms with Crippen LogP contribution in [-0.2, 0) is 0 Å². The van der Waals surface area contributed by atoms with Crippen molar-refractivity contribution in [2.24, 2.45) is 0 Å². The van der Waals surface area contributed by atoms with Crippen molar-refractivity contribution in [2.75, 3.05) is 11.1 Å². The quantitative estimate of drug-likeness (QED) is 0.790. The molecule has 0 fully saturated rings. The van der Waals surface area contributed by atoms with Crippen LogP contribution in [0.25, 0.3) is 0 Å². The third kappa shape index (κ3) is 2.61. The van der Waals surface area contributed by atoms with Gasteiger partial charge in [0, 0.05) is 5.92 Å². The molecule has 0 aliphatic rings. The molecule has 0 spiro atoms. The summed E-state index contributed by atoms with van der Waals surface area (Å²) in [4.78, 5) is 20.6. The molecule has 2 aromatic rings. The van der Waals surface area contributed by atoms with Gasteiger partial charge in [-0.25, -0.2) is 9.97 Å². The van der Waals surface area contributed by atoms with Gasteiger partial charge in [-0.15, -0.1) is 0 Å². The van der Waals surface area contributed by atoms with Crippen molar-refractivity contribution in [3.63, 3.8) is 0 Å². The third-order valence-electron chi connectivity index (χ3n) is 2.93. The van der Waals surface area contributed by atoms with E-state index in [9.17, 15) is 4.79 Å². The van der Waals surface area contributed by atoms with E-state index < -0.39 is 0 Å². The van der Waals surface area contributed by atoms with E-state index >= 15 is 0 Å². The second-order valence-electron chi connectivity index (χ2n) is 4.95. The zero-order valence-corrected chi connectivity index (χ0v) is 12.0. The number of nitrogens with two attached hydrogens (primary N) is 1. The molecule has 4 N–H and O–H groups in total. The number of hydrogen-bond donors (Lipinski definition) is 3. The number of aryl methyl sites for hydroxylation is 2. The summed E-state index contributed by atoms with van der Waals surface area (Å²) in [5, 5.41) is 9.62. The molecular formula is C13H18N6O. The highest BCUT2D eigenvalue weighted by atomic mass is 16.1. The van der Waals surface area contributed by atoms with Crippen LogP contribution in [0.1, 0.15) is 47.5 Å². The van der Waals surface area contributed by atoms with Crippen LogP contribution in [0, 0.1) is 13.8 Å². The maximum atomic E-state index is 12.3. The summed E-state index contributed by atoms with van der Waals surface area (Å²) >= 11 is 0. The summed E-state index contributed by atoms with van der Waals surface area (Å²) in [5.74, 6) is 0.351. The Kier molecular flexibility index (Phi) is 3.69. The van der Waals surface area contributed by atoms with E-state index in [4.69, 9.17) is 5.73 Å². The standard InChI is InChI=1S/C13H18N6O/c1-6(2)12-15-5-9(14)11(16-12)13(20)17-10-7(3)18-19-8(10)4/h5-6H,14H2,1-4H3,(H,17,20)(H,18,19). The van der Waals surface area contributed by atoms with Gasteiger partial charge in [0.1, 0.15) is 5.82 Å². The molecular weight excluding hydrogens is 256 g/mol. The maximum Gasteiger partial charge on any atom is 0.276 e. The van der Waals surface area contributed by atoms with Gasteiger partial charge in [-0.3, -0.25) is 9.89 Å². The number of H-pyrrole nitrogens is 1. The molecule has 2 rings (SSSR count). The Bertz CT molecular complexity index is 627. The Morgan fingerprint density at radius 1 is 1.40 bits per heavy atom. The van der Waals surface area contributed by atoms with Crippen LogP contribution in [0.5, 0.6) is 0 Å². The van der Waals surface area contributed by atoms with Crippen molar-refractivity contribution in [2.45, 2.75) is 33.6 Å². The molecule has 0 saturated carbocycles. The molecule has 2 heterocycles. The molecule has 0 aromatic carbocycles. The minimum Gasteiger partial charge on any atom is -0.396 e. The van der Waals surface area contributed by atoms with Gasteiger partial charge in [0.25, 0.3) is 5.91 Å². The molecule has 0 unspecified atom stereocenters. The van der Waals surface area contributed by atoms with E-state index in [0.29, 0.717) is 17.2 Å². The molecule has 106 valence electrons. The van der Waals surface area contributed by atoms with E-state index in [1.165, 1.54) is 6.20 Å². The molecule has 20 heavy (non-hydrogen) atoms. The molecule has 7 heteroatoms. The number of carbonyl (C=O) groups excluding carboxylic acids is 1. The average molecular weight is 274 g/mol. The minimum atomic E-state index is -0.362. The van der Waals surface area contributed by atoms with Gasteiger partial charge in [0.2, 0.25) is 0 Å². The summed E-state index contributed by atoms with van der Waals surface area (Å²) in [6.07, 6.45) is 1.46. The number of carbonyl (C=O) groups is 1. The highest BCUT2D eigenvalue weighted by molar-refractivity contribution is 6.06. The second kappa shape index (κ2) is 5.28. The summed E-state index contributed by atoms with van der Waals surface area (Å²) in [6.45, 7) is 7.55. The Labute approximate surface area is 117 Å². The van der Waals surface area contributed by atoms with Gasteiger partial charge >= 0.3 is 0 Å². The SMILES string of the molecule is Cc1n[nH]c(C)c1NC(=O)c1nc(C(C)C)ncc1N. The summed E-state index contributed by atoms with van der Waals surface area (Å²) < 4.78 is 0. The number of aromatic amines is 1. The first-order valence-corrected chi connectivity index (χ1v) is 6.35. The van der Waals surface area contributed by atoms with Crippen LogP contribution >= 0.6 is 0 Å². The minimum absolute atomic E-state index is 0.125. The first-order chi connectivity index (χ1) is 9.40. The van der Waals surface area contributed by atoms with Gasteiger partial charge in [-0.2, -0.15) is 5.10 Å². The van der Waals surface area contributed by atoms with Gasteiger partial charge in [0.05, 0.1) is 29.0 Å². The van der Waals surface area contributed by atoms with E-state index in [-0.39, 0.29) is 23.2 Å². The number of nitrogen functional groups attached to an aromatic ring is 1. The molecule has 0 bridgehead atoms. The Morgan fingerprint density at radius 3 is 2.65 bits per heavy atom. The predicted octanol–water partition coefficient (Wildman–Crippen LogP) is 1.77. The Hall–Kier alpha value is -2.44. The molecule has 7 nitrogen and oxygen atoms in total. The van der Waals surface area contributed by atoms with Crippen LogP contribution in [0.3, 0.4) is 0 Å². The Morgan fingerprint density at radius 2 is 2.10 bits per heavy atom. The van der Waals surface area contributed by atoms with E-state index in [0.717, 1.165) is 5.69 Å². The van der Waals surface area contributed by atoms with Crippen LogP contribution in [-0.4, -0.2) is 26.1 Å². The first kappa shape index (κ1) is 14.0. The van der Waals surface area contributed by atoms with Crippen LogP contribution in [0.2, 0.25) is 0 Å². The summed E-state index contributed by atoms with van der Waals surface area (Å²) in [6, 6.07) is 0. The van der Waals surface area contributed by atoms with Gasteiger partial charge in [0.15, 0.2) is 5.69 Å². The van der Waals surface area contributed by atoms with E-state index in [1.807, 2.05) is 27.7 Å². The molecule has 0 atom stereocenters. The fourth-order valence-electron chi connectivity index (χ4n) is 1.77. The number of amides is 1. The number of aromatic nitrogens is 4. The maximum absolute atomic E-state index is 12.3. The van der Waals surface area contributed by atoms with Crippen molar-refractivity contribution >= 4 is 17.3 Å². The summed E-state index contributed by atoms with van der Waals surface area (Å²) in [5.41, 5.74) is 8.38. The van der Waals surface area contributed by atoms with Crippen molar-refractivity contribution in [3.05, 3.63) is 29.1 Å².